The molecule has 1 saturated heterocycles. The molecule has 5 nitrogen and oxygen atoms in total. The Morgan fingerprint density at radius 3 is 2.62 bits per heavy atom. The third-order valence-corrected chi connectivity index (χ3v) is 7.23. The van der Waals surface area contributed by atoms with Crippen LogP contribution in [0.4, 0.5) is 4.79 Å². The Hall–Kier alpha value is -3.03. The van der Waals surface area contributed by atoms with Gasteiger partial charge in [-0.05, 0) is 47.2 Å². The summed E-state index contributed by atoms with van der Waals surface area (Å²) in [5, 5.41) is 9.86. The Bertz CT molecular complexity index is 1280. The van der Waals surface area contributed by atoms with Gasteiger partial charge in [0.05, 0.1) is 16.7 Å². The quantitative estimate of drug-likeness (QED) is 0.455. The maximum absolute atomic E-state index is 12.7. The minimum atomic E-state index is -1.18. The average Bonchev–Trinajstić information content (AvgIpc) is 3.39. The molecule has 3 aromatic rings. The zero-order valence-corrected chi connectivity index (χ0v) is 19.3. The molecule has 0 saturated carbocycles. The van der Waals surface area contributed by atoms with Gasteiger partial charge >= 0.3 is 5.85 Å². The van der Waals surface area contributed by atoms with Crippen LogP contribution in [0.15, 0.2) is 93.3 Å². The normalized spacial score (nSPS) is 24.7. The van der Waals surface area contributed by atoms with E-state index in [1.54, 1.807) is 0 Å². The fourth-order valence-corrected chi connectivity index (χ4v) is 5.68. The molecule has 32 heavy (non-hydrogen) atoms. The first-order chi connectivity index (χ1) is 15.6. The number of fused-ring (bicyclic) bond motifs is 4. The van der Waals surface area contributed by atoms with Crippen molar-refractivity contribution in [1.29, 1.82) is 0 Å². The molecule has 3 heterocycles. The van der Waals surface area contributed by atoms with Crippen LogP contribution in [0.5, 0.6) is 5.75 Å². The molecular formula is C25H18BrN3O2S. The van der Waals surface area contributed by atoms with Crippen molar-refractivity contribution in [3.05, 3.63) is 105 Å². The van der Waals surface area contributed by atoms with E-state index in [1.165, 1.54) is 0 Å². The Labute approximate surface area is 198 Å². The average molecular weight is 504 g/mol. The monoisotopic (exact) mass is 503 g/mol. The zero-order valence-electron chi connectivity index (χ0n) is 16.9. The van der Waals surface area contributed by atoms with Crippen LogP contribution in [0.25, 0.3) is 6.08 Å². The van der Waals surface area contributed by atoms with Crippen molar-refractivity contribution in [3.63, 3.8) is 0 Å². The minimum absolute atomic E-state index is 0.0652. The molecule has 0 unspecified atom stereocenters. The number of thioether (sulfide) groups is 1. The van der Waals surface area contributed by atoms with Gasteiger partial charge in [0.15, 0.2) is 0 Å². The van der Waals surface area contributed by atoms with Gasteiger partial charge in [-0.15, -0.1) is 0 Å². The van der Waals surface area contributed by atoms with E-state index < -0.39 is 5.85 Å². The SMILES string of the molecule is O=C1N[C@@]2(Oc3ccc(Br)cc3[C@@H]3CC(c4ccccc4)=NN32)/C(=C/c2ccccc2)S1. The molecule has 3 aromatic carbocycles. The Kier molecular flexibility index (Phi) is 4.62. The number of halogens is 1. The van der Waals surface area contributed by atoms with Gasteiger partial charge in [-0.2, -0.15) is 5.10 Å². The number of nitrogens with zero attached hydrogens (tertiary/aromatic N) is 2. The first-order valence-electron chi connectivity index (χ1n) is 10.3. The van der Waals surface area contributed by atoms with Crippen molar-refractivity contribution in [3.8, 4) is 5.75 Å². The Morgan fingerprint density at radius 1 is 1.09 bits per heavy atom. The van der Waals surface area contributed by atoms with Gasteiger partial charge in [0.1, 0.15) is 5.75 Å². The van der Waals surface area contributed by atoms with E-state index in [-0.39, 0.29) is 11.3 Å². The van der Waals surface area contributed by atoms with E-state index in [2.05, 4.69) is 39.4 Å². The van der Waals surface area contributed by atoms with E-state index in [1.807, 2.05) is 71.7 Å². The van der Waals surface area contributed by atoms with E-state index in [9.17, 15) is 4.79 Å². The third kappa shape index (κ3) is 3.15. The molecule has 7 heteroatoms. The molecule has 1 spiro atoms. The van der Waals surface area contributed by atoms with Crippen molar-refractivity contribution >= 4 is 44.7 Å². The second kappa shape index (κ2) is 7.53. The van der Waals surface area contributed by atoms with E-state index in [0.29, 0.717) is 0 Å². The molecular weight excluding hydrogens is 486 g/mol. The van der Waals surface area contributed by atoms with Gasteiger partial charge in [-0.25, -0.2) is 5.01 Å². The molecule has 0 radical (unpaired) electrons. The lowest BCUT2D eigenvalue weighted by Crippen LogP contribution is -2.61. The summed E-state index contributed by atoms with van der Waals surface area (Å²) in [6, 6.07) is 26.0. The lowest BCUT2D eigenvalue weighted by molar-refractivity contribution is -0.0949. The number of hydrogen-bond acceptors (Lipinski definition) is 5. The van der Waals surface area contributed by atoms with Gasteiger partial charge in [0.25, 0.3) is 5.24 Å². The first kappa shape index (κ1) is 19.6. The molecule has 0 aromatic heterocycles. The summed E-state index contributed by atoms with van der Waals surface area (Å²) in [5.74, 6) is -0.430. The zero-order chi connectivity index (χ0) is 21.7. The van der Waals surface area contributed by atoms with Gasteiger partial charge in [-0.3, -0.25) is 10.1 Å². The highest BCUT2D eigenvalue weighted by Gasteiger charge is 2.58. The summed E-state index contributed by atoms with van der Waals surface area (Å²) in [6.45, 7) is 0. The van der Waals surface area contributed by atoms with Crippen LogP contribution >= 0.6 is 27.7 Å². The standard InChI is InChI=1S/C25H18BrN3O2S/c26-18-11-12-22-19(14-18)21-15-20(17-9-5-2-6-10-17)28-29(21)25(31-22)23(32-24(30)27-25)13-16-7-3-1-4-8-16/h1-14,21H,15H2,(H,27,30)/b23-13-/t21-,25-/m0/s1. The topological polar surface area (TPSA) is 53.9 Å². The summed E-state index contributed by atoms with van der Waals surface area (Å²) in [5.41, 5.74) is 4.08. The van der Waals surface area contributed by atoms with Gasteiger partial charge in [0, 0.05) is 16.5 Å². The van der Waals surface area contributed by atoms with Gasteiger partial charge < -0.3 is 4.74 Å². The van der Waals surface area contributed by atoms with Crippen LogP contribution in [0.2, 0.25) is 0 Å². The number of carbonyl (C=O) groups excluding carboxylic acids is 1. The molecule has 3 aliphatic rings. The number of ether oxygens (including phenoxy) is 1. The number of nitrogens with one attached hydrogen (secondary N) is 1. The first-order valence-corrected chi connectivity index (χ1v) is 11.9. The Balaban J connectivity index is 1.53. The van der Waals surface area contributed by atoms with Crippen LogP contribution < -0.4 is 10.1 Å². The van der Waals surface area contributed by atoms with Crippen molar-refractivity contribution < 1.29 is 9.53 Å². The molecule has 0 aliphatic carbocycles. The number of carbonyl (C=O) groups is 1. The lowest BCUT2D eigenvalue weighted by Gasteiger charge is -2.45. The van der Waals surface area contributed by atoms with Crippen molar-refractivity contribution in [2.75, 3.05) is 0 Å². The van der Waals surface area contributed by atoms with Gasteiger partial charge in [-0.1, -0.05) is 76.6 Å². The van der Waals surface area contributed by atoms with Crippen LogP contribution in [-0.2, 0) is 0 Å². The largest absolute Gasteiger partial charge is 0.444 e. The van der Waals surface area contributed by atoms with Gasteiger partial charge in [0.2, 0.25) is 0 Å². The minimum Gasteiger partial charge on any atom is -0.444 e. The molecule has 6 rings (SSSR count). The fraction of sp³-hybridized carbons (Fsp3) is 0.120. The predicted octanol–water partition coefficient (Wildman–Crippen LogP) is 6.14. The van der Waals surface area contributed by atoms with Crippen molar-refractivity contribution in [1.82, 2.24) is 10.3 Å². The van der Waals surface area contributed by atoms with Crippen molar-refractivity contribution in [2.45, 2.75) is 18.3 Å². The molecule has 0 bridgehead atoms. The number of hydrogen-bond donors (Lipinski definition) is 1. The summed E-state index contributed by atoms with van der Waals surface area (Å²) in [6.07, 6.45) is 2.72. The molecule has 158 valence electrons. The maximum Gasteiger partial charge on any atom is 0.314 e. The second-order valence-corrected chi connectivity index (χ2v) is 9.77. The fourth-order valence-electron chi connectivity index (χ4n) is 4.39. The summed E-state index contributed by atoms with van der Waals surface area (Å²) in [4.78, 5) is 13.4. The highest BCUT2D eigenvalue weighted by molar-refractivity contribution is 9.10. The molecule has 3 aliphatic heterocycles. The van der Waals surface area contributed by atoms with Crippen LogP contribution in [0.3, 0.4) is 0 Å². The number of benzene rings is 3. The Morgan fingerprint density at radius 2 is 1.84 bits per heavy atom. The summed E-state index contributed by atoms with van der Waals surface area (Å²) in [7, 11) is 0. The van der Waals surface area contributed by atoms with E-state index >= 15 is 0 Å². The summed E-state index contributed by atoms with van der Waals surface area (Å²) < 4.78 is 7.55. The number of rotatable bonds is 2. The molecule has 1 N–H and O–H groups in total. The van der Waals surface area contributed by atoms with E-state index in [0.717, 1.165) is 55.7 Å². The second-order valence-electron chi connectivity index (χ2n) is 7.84. The number of amides is 1. The highest BCUT2D eigenvalue weighted by atomic mass is 79.9. The molecule has 1 amide bonds. The number of hydrazone groups is 1. The maximum atomic E-state index is 12.7. The molecule has 1 fully saturated rings. The van der Waals surface area contributed by atoms with Crippen LogP contribution in [0, 0.1) is 0 Å². The summed E-state index contributed by atoms with van der Waals surface area (Å²) >= 11 is 4.75. The lowest BCUT2D eigenvalue weighted by atomic mass is 9.95. The smallest absolute Gasteiger partial charge is 0.314 e. The van der Waals surface area contributed by atoms with Crippen molar-refractivity contribution in [2.24, 2.45) is 5.10 Å². The van der Waals surface area contributed by atoms with E-state index in [4.69, 9.17) is 9.84 Å². The third-order valence-electron chi connectivity index (χ3n) is 5.83. The van der Waals surface area contributed by atoms with Crippen LogP contribution in [-0.4, -0.2) is 21.8 Å². The highest BCUT2D eigenvalue weighted by Crippen LogP contribution is 2.53. The molecule has 2 atom stereocenters. The van der Waals surface area contributed by atoms with Crippen LogP contribution in [0.1, 0.15) is 29.2 Å². The predicted molar refractivity (Wildman–Crippen MR) is 130 cm³/mol.